The molecule has 126 valence electrons. The second kappa shape index (κ2) is 6.28. The van der Waals surface area contributed by atoms with Crippen molar-refractivity contribution in [2.75, 3.05) is 37.0 Å². The van der Waals surface area contributed by atoms with Crippen LogP contribution in [0.2, 0.25) is 0 Å². The molecule has 2 aliphatic heterocycles. The van der Waals surface area contributed by atoms with Crippen LogP contribution >= 0.6 is 0 Å². The highest BCUT2D eigenvalue weighted by molar-refractivity contribution is 5.47. The number of hydrogen-bond donors (Lipinski definition) is 1. The average Bonchev–Trinajstić information content (AvgIpc) is 3.23. The molecule has 0 amide bonds. The van der Waals surface area contributed by atoms with Crippen molar-refractivity contribution in [2.24, 2.45) is 0 Å². The summed E-state index contributed by atoms with van der Waals surface area (Å²) >= 11 is 0. The number of anilines is 2. The van der Waals surface area contributed by atoms with Gasteiger partial charge in [-0.15, -0.1) is 0 Å². The van der Waals surface area contributed by atoms with Gasteiger partial charge < -0.3 is 19.7 Å². The Bertz CT molecular complexity index is 679. The lowest BCUT2D eigenvalue weighted by molar-refractivity contribution is 0.0229. The van der Waals surface area contributed by atoms with Crippen LogP contribution in [0.5, 0.6) is 5.75 Å². The van der Waals surface area contributed by atoms with Gasteiger partial charge in [-0.05, 0) is 30.7 Å². The van der Waals surface area contributed by atoms with Gasteiger partial charge in [0.05, 0.1) is 31.6 Å². The molecule has 1 N–H and O–H groups in total. The van der Waals surface area contributed by atoms with Crippen LogP contribution in [0.15, 0.2) is 42.9 Å². The highest BCUT2D eigenvalue weighted by atomic mass is 16.5. The molecule has 1 aromatic heterocycles. The van der Waals surface area contributed by atoms with E-state index in [0.717, 1.165) is 49.8 Å². The van der Waals surface area contributed by atoms with Crippen molar-refractivity contribution in [3.05, 3.63) is 42.9 Å². The molecule has 2 aliphatic rings. The zero-order valence-corrected chi connectivity index (χ0v) is 13.8. The fourth-order valence-electron chi connectivity index (χ4n) is 3.64. The molecule has 6 heteroatoms. The smallest absolute Gasteiger partial charge is 0.147 e. The Hall–Kier alpha value is -2.34. The number of nitrogens with zero attached hydrogens (tertiary/aromatic N) is 3. The summed E-state index contributed by atoms with van der Waals surface area (Å²) in [5, 5.41) is 3.57. The first-order valence-electron chi connectivity index (χ1n) is 8.32. The number of ether oxygens (including phenoxy) is 2. The number of methoxy groups -OCH3 is 1. The zero-order chi connectivity index (χ0) is 16.4. The number of nitrogens with one attached hydrogen (secondary N) is 1. The van der Waals surface area contributed by atoms with Crippen molar-refractivity contribution in [3.63, 3.8) is 0 Å². The number of rotatable bonds is 4. The van der Waals surface area contributed by atoms with Crippen LogP contribution in [0, 0.1) is 0 Å². The second-order valence-corrected chi connectivity index (χ2v) is 6.50. The first kappa shape index (κ1) is 15.2. The minimum atomic E-state index is -0.0678. The summed E-state index contributed by atoms with van der Waals surface area (Å²) in [4.78, 5) is 10.8. The van der Waals surface area contributed by atoms with Gasteiger partial charge in [0.1, 0.15) is 11.6 Å². The van der Waals surface area contributed by atoms with E-state index >= 15 is 0 Å². The minimum absolute atomic E-state index is 0.0678. The highest BCUT2D eigenvalue weighted by Gasteiger charge is 2.45. The van der Waals surface area contributed by atoms with Crippen molar-refractivity contribution in [2.45, 2.75) is 24.5 Å². The van der Waals surface area contributed by atoms with Crippen molar-refractivity contribution in [1.82, 2.24) is 9.97 Å². The van der Waals surface area contributed by atoms with Crippen LogP contribution in [0.1, 0.15) is 12.8 Å². The monoisotopic (exact) mass is 326 g/mol. The van der Waals surface area contributed by atoms with E-state index in [0.29, 0.717) is 6.04 Å². The highest BCUT2D eigenvalue weighted by Crippen LogP contribution is 2.37. The lowest BCUT2D eigenvalue weighted by atomic mass is 9.97. The van der Waals surface area contributed by atoms with Crippen LogP contribution in [-0.2, 0) is 4.74 Å². The summed E-state index contributed by atoms with van der Waals surface area (Å²) in [7, 11) is 1.68. The van der Waals surface area contributed by atoms with Crippen LogP contribution in [0.3, 0.4) is 0 Å². The fourth-order valence-corrected chi connectivity index (χ4v) is 3.64. The Labute approximate surface area is 141 Å². The standard InChI is InChI=1S/C18H22N4O2/c1-23-16-4-2-14(3-5-16)21-15-10-18(24-12-15)6-9-22(13-18)17-11-19-7-8-20-17/h2-5,7-8,11,15,21H,6,9-10,12-13H2,1H3. The molecule has 0 radical (unpaired) electrons. The van der Waals surface area contributed by atoms with Gasteiger partial charge in [0, 0.05) is 37.6 Å². The summed E-state index contributed by atoms with van der Waals surface area (Å²) in [5.41, 5.74) is 1.03. The largest absolute Gasteiger partial charge is 0.497 e. The van der Waals surface area contributed by atoms with Gasteiger partial charge in [-0.3, -0.25) is 4.98 Å². The molecule has 6 nitrogen and oxygen atoms in total. The van der Waals surface area contributed by atoms with Crippen molar-refractivity contribution in [1.29, 1.82) is 0 Å². The third-order valence-corrected chi connectivity index (χ3v) is 4.86. The van der Waals surface area contributed by atoms with Gasteiger partial charge in [0.25, 0.3) is 0 Å². The summed E-state index contributed by atoms with van der Waals surface area (Å²) in [6.07, 6.45) is 7.31. The number of hydrogen-bond acceptors (Lipinski definition) is 6. The average molecular weight is 326 g/mol. The lowest BCUT2D eigenvalue weighted by Crippen LogP contribution is -2.33. The van der Waals surface area contributed by atoms with E-state index in [1.54, 1.807) is 19.5 Å². The molecule has 2 aromatic rings. The van der Waals surface area contributed by atoms with E-state index in [9.17, 15) is 0 Å². The van der Waals surface area contributed by atoms with Gasteiger partial charge in [-0.1, -0.05) is 0 Å². The Kier molecular flexibility index (Phi) is 3.98. The topological polar surface area (TPSA) is 59.5 Å². The van der Waals surface area contributed by atoms with E-state index < -0.39 is 0 Å². The molecule has 0 bridgehead atoms. The molecule has 2 fully saturated rings. The second-order valence-electron chi connectivity index (χ2n) is 6.50. The van der Waals surface area contributed by atoms with Crippen molar-refractivity contribution in [3.8, 4) is 5.75 Å². The molecule has 0 saturated carbocycles. The van der Waals surface area contributed by atoms with E-state index in [2.05, 4.69) is 20.2 Å². The molecule has 1 spiro atoms. The predicted octanol–water partition coefficient (Wildman–Crippen LogP) is 2.34. The Morgan fingerprint density at radius 3 is 2.92 bits per heavy atom. The maximum Gasteiger partial charge on any atom is 0.147 e. The Morgan fingerprint density at radius 2 is 2.17 bits per heavy atom. The van der Waals surface area contributed by atoms with Gasteiger partial charge in [0.15, 0.2) is 0 Å². The fraction of sp³-hybridized carbons (Fsp3) is 0.444. The Morgan fingerprint density at radius 1 is 1.29 bits per heavy atom. The minimum Gasteiger partial charge on any atom is -0.497 e. The van der Waals surface area contributed by atoms with E-state index in [4.69, 9.17) is 9.47 Å². The third-order valence-electron chi connectivity index (χ3n) is 4.86. The molecule has 2 saturated heterocycles. The molecule has 4 rings (SSSR count). The number of aromatic nitrogens is 2. The zero-order valence-electron chi connectivity index (χ0n) is 13.8. The van der Waals surface area contributed by atoms with Gasteiger partial charge in [0.2, 0.25) is 0 Å². The van der Waals surface area contributed by atoms with Crippen LogP contribution in [0.25, 0.3) is 0 Å². The van der Waals surface area contributed by atoms with E-state index in [-0.39, 0.29) is 5.60 Å². The van der Waals surface area contributed by atoms with Crippen LogP contribution in [-0.4, -0.2) is 48.4 Å². The summed E-state index contributed by atoms with van der Waals surface area (Å²) in [5.74, 6) is 1.81. The normalized spacial score (nSPS) is 26.0. The molecule has 0 aliphatic carbocycles. The molecule has 24 heavy (non-hydrogen) atoms. The maximum absolute atomic E-state index is 6.21. The van der Waals surface area contributed by atoms with Gasteiger partial charge in [-0.2, -0.15) is 0 Å². The summed E-state index contributed by atoms with van der Waals surface area (Å²) in [6.45, 7) is 2.58. The molecule has 2 unspecified atom stereocenters. The lowest BCUT2D eigenvalue weighted by Gasteiger charge is -2.23. The maximum atomic E-state index is 6.21. The van der Waals surface area contributed by atoms with E-state index in [1.165, 1.54) is 0 Å². The third kappa shape index (κ3) is 3.01. The van der Waals surface area contributed by atoms with Crippen molar-refractivity contribution < 1.29 is 9.47 Å². The van der Waals surface area contributed by atoms with Crippen LogP contribution in [0.4, 0.5) is 11.5 Å². The molecular formula is C18H22N4O2. The molecule has 3 heterocycles. The van der Waals surface area contributed by atoms with Gasteiger partial charge >= 0.3 is 0 Å². The quantitative estimate of drug-likeness (QED) is 0.930. The first-order chi connectivity index (χ1) is 11.8. The van der Waals surface area contributed by atoms with Crippen LogP contribution < -0.4 is 15.0 Å². The van der Waals surface area contributed by atoms with Crippen molar-refractivity contribution >= 4 is 11.5 Å². The summed E-state index contributed by atoms with van der Waals surface area (Å²) in [6, 6.07) is 8.37. The summed E-state index contributed by atoms with van der Waals surface area (Å²) < 4.78 is 11.4. The van der Waals surface area contributed by atoms with Gasteiger partial charge in [-0.25, -0.2) is 4.98 Å². The molecule has 2 atom stereocenters. The Balaban J connectivity index is 1.37. The number of benzene rings is 1. The molecular weight excluding hydrogens is 304 g/mol. The van der Waals surface area contributed by atoms with E-state index in [1.807, 2.05) is 30.5 Å². The predicted molar refractivity (Wildman–Crippen MR) is 92.6 cm³/mol. The molecule has 1 aromatic carbocycles. The first-order valence-corrected chi connectivity index (χ1v) is 8.32. The SMILES string of the molecule is COc1ccc(NC2COC3(CCN(c4cnccn4)C3)C2)cc1.